The number of fused-ring (bicyclic) bond motifs is 1. The van der Waals surface area contributed by atoms with Crippen LogP contribution in [0, 0.1) is 6.92 Å². The second-order valence-corrected chi connectivity index (χ2v) is 9.28. The lowest BCUT2D eigenvalue weighted by atomic mass is 9.99. The fourth-order valence-corrected chi connectivity index (χ4v) is 4.92. The highest BCUT2D eigenvalue weighted by Gasteiger charge is 2.20. The zero-order valence-corrected chi connectivity index (χ0v) is 17.8. The number of nitrogens with zero attached hydrogens (tertiary/aromatic N) is 1. The maximum atomic E-state index is 13.1. The van der Waals surface area contributed by atoms with Crippen molar-refractivity contribution in [2.45, 2.75) is 24.7 Å². The topological polar surface area (TPSA) is 73.2 Å². The van der Waals surface area contributed by atoms with Gasteiger partial charge in [0.1, 0.15) is 5.78 Å². The molecule has 3 aromatic carbocycles. The molecule has 0 aliphatic heterocycles. The molecular formula is C25H21NO4S. The Hall–Kier alpha value is -3.51. The average Bonchev–Trinajstić information content (AvgIpc) is 3.21. The van der Waals surface area contributed by atoms with E-state index in [1.807, 2.05) is 13.0 Å². The number of carbonyl (C=O) groups is 2. The number of benzene rings is 3. The quantitative estimate of drug-likeness (QED) is 0.317. The van der Waals surface area contributed by atoms with E-state index in [9.17, 15) is 18.0 Å². The summed E-state index contributed by atoms with van der Waals surface area (Å²) in [4.78, 5) is 25.1. The zero-order valence-electron chi connectivity index (χ0n) is 17.0. The number of aromatic nitrogens is 1. The predicted octanol–water partition coefficient (Wildman–Crippen LogP) is 4.57. The standard InChI is InChI=1S/C25H21NO4S/c1-18-10-12-22(13-11-18)31(29,30)26-15-14-23-20(8-5-9-24(23)26)16-21(27)17-25(28)19-6-3-2-4-7-19/h2-15H,16-17H2,1H3. The Balaban J connectivity index is 1.61. The van der Waals surface area contributed by atoms with Gasteiger partial charge in [-0.05, 0) is 36.8 Å². The largest absolute Gasteiger partial charge is 0.299 e. The van der Waals surface area contributed by atoms with Gasteiger partial charge < -0.3 is 0 Å². The maximum Gasteiger partial charge on any atom is 0.268 e. The Morgan fingerprint density at radius 1 is 0.839 bits per heavy atom. The summed E-state index contributed by atoms with van der Waals surface area (Å²) in [6.07, 6.45) is 1.37. The Kier molecular flexibility index (Phi) is 5.57. The van der Waals surface area contributed by atoms with E-state index in [4.69, 9.17) is 0 Å². The lowest BCUT2D eigenvalue weighted by Crippen LogP contribution is -2.12. The molecule has 1 heterocycles. The summed E-state index contributed by atoms with van der Waals surface area (Å²) in [5, 5.41) is 0.679. The molecule has 31 heavy (non-hydrogen) atoms. The number of rotatable bonds is 7. The van der Waals surface area contributed by atoms with Crippen molar-refractivity contribution in [2.24, 2.45) is 0 Å². The van der Waals surface area contributed by atoms with Gasteiger partial charge in [0.15, 0.2) is 5.78 Å². The summed E-state index contributed by atoms with van der Waals surface area (Å²) >= 11 is 0. The number of hydrogen-bond acceptors (Lipinski definition) is 4. The Bertz CT molecular complexity index is 1370. The van der Waals surface area contributed by atoms with Gasteiger partial charge in [0.05, 0.1) is 16.8 Å². The number of ketones is 2. The molecule has 0 aliphatic carbocycles. The van der Waals surface area contributed by atoms with Gasteiger partial charge in [0.25, 0.3) is 10.0 Å². The van der Waals surface area contributed by atoms with Crippen molar-refractivity contribution >= 4 is 32.5 Å². The minimum atomic E-state index is -3.76. The van der Waals surface area contributed by atoms with Crippen LogP contribution in [0.5, 0.6) is 0 Å². The van der Waals surface area contributed by atoms with Crippen LogP contribution in [-0.4, -0.2) is 24.0 Å². The van der Waals surface area contributed by atoms with Gasteiger partial charge in [0.2, 0.25) is 0 Å². The monoisotopic (exact) mass is 431 g/mol. The fraction of sp³-hybridized carbons (Fsp3) is 0.120. The van der Waals surface area contributed by atoms with Crippen LogP contribution < -0.4 is 0 Å². The number of hydrogen-bond donors (Lipinski definition) is 0. The summed E-state index contributed by atoms with van der Waals surface area (Å²) in [5.74, 6) is -0.437. The van der Waals surface area contributed by atoms with Gasteiger partial charge in [-0.2, -0.15) is 0 Å². The first kappa shape index (κ1) is 20.8. The number of carbonyl (C=O) groups excluding carboxylic acids is 2. The van der Waals surface area contributed by atoms with Crippen molar-refractivity contribution in [1.29, 1.82) is 0 Å². The zero-order chi connectivity index (χ0) is 22.0. The third-order valence-electron chi connectivity index (χ3n) is 5.21. The maximum absolute atomic E-state index is 13.1. The molecule has 0 fully saturated rings. The molecule has 0 atom stereocenters. The first-order valence-electron chi connectivity index (χ1n) is 9.87. The summed E-state index contributed by atoms with van der Waals surface area (Å²) in [6.45, 7) is 1.90. The number of aryl methyl sites for hydroxylation is 1. The van der Waals surface area contributed by atoms with Crippen LogP contribution in [-0.2, 0) is 21.2 Å². The molecule has 0 spiro atoms. The first-order valence-corrected chi connectivity index (χ1v) is 11.3. The molecule has 1 aromatic heterocycles. The number of Topliss-reactive ketones (excluding diaryl/α,β-unsaturated/α-hetero) is 2. The van der Waals surface area contributed by atoms with Crippen molar-refractivity contribution in [3.05, 3.63) is 102 Å². The summed E-state index contributed by atoms with van der Waals surface area (Å²) < 4.78 is 27.4. The molecule has 0 N–H and O–H groups in total. The molecular weight excluding hydrogens is 410 g/mol. The SMILES string of the molecule is Cc1ccc(S(=O)(=O)n2ccc3c(CC(=O)CC(=O)c4ccccc4)cccc32)cc1. The van der Waals surface area contributed by atoms with Gasteiger partial charge in [-0.15, -0.1) is 0 Å². The van der Waals surface area contributed by atoms with E-state index in [0.717, 1.165) is 5.56 Å². The molecule has 0 amide bonds. The molecule has 0 bridgehead atoms. The smallest absolute Gasteiger partial charge is 0.268 e. The van der Waals surface area contributed by atoms with Crippen LogP contribution in [0.2, 0.25) is 0 Å². The van der Waals surface area contributed by atoms with Crippen molar-refractivity contribution in [3.63, 3.8) is 0 Å². The van der Waals surface area contributed by atoms with Crippen molar-refractivity contribution in [1.82, 2.24) is 3.97 Å². The van der Waals surface area contributed by atoms with Crippen LogP contribution in [0.3, 0.4) is 0 Å². The summed E-state index contributed by atoms with van der Waals surface area (Å²) in [6, 6.07) is 22.3. The highest BCUT2D eigenvalue weighted by molar-refractivity contribution is 7.90. The Labute approximate surface area is 181 Å². The molecule has 5 nitrogen and oxygen atoms in total. The molecule has 0 radical (unpaired) electrons. The van der Waals surface area contributed by atoms with E-state index in [0.29, 0.717) is 22.0 Å². The van der Waals surface area contributed by atoms with Gasteiger partial charge in [0, 0.05) is 23.6 Å². The minimum absolute atomic E-state index is 0.0600. The molecule has 0 saturated heterocycles. The Morgan fingerprint density at radius 2 is 1.55 bits per heavy atom. The van der Waals surface area contributed by atoms with Crippen molar-refractivity contribution < 1.29 is 18.0 Å². The normalized spacial score (nSPS) is 11.5. The van der Waals surface area contributed by atoms with E-state index in [1.54, 1.807) is 72.8 Å². The van der Waals surface area contributed by atoms with Crippen LogP contribution in [0.25, 0.3) is 10.9 Å². The molecule has 0 aliphatic rings. The third-order valence-corrected chi connectivity index (χ3v) is 6.91. The third kappa shape index (κ3) is 4.20. The van der Waals surface area contributed by atoms with Crippen molar-refractivity contribution in [2.75, 3.05) is 0 Å². The van der Waals surface area contributed by atoms with Gasteiger partial charge in [-0.3, -0.25) is 9.59 Å². The van der Waals surface area contributed by atoms with Gasteiger partial charge in [-0.1, -0.05) is 60.2 Å². The molecule has 4 aromatic rings. The highest BCUT2D eigenvalue weighted by Crippen LogP contribution is 2.26. The lowest BCUT2D eigenvalue weighted by molar-refractivity contribution is -0.117. The summed E-state index contributed by atoms with van der Waals surface area (Å²) in [5.41, 5.74) is 2.67. The molecule has 0 unspecified atom stereocenters. The van der Waals surface area contributed by atoms with Crippen LogP contribution in [0.1, 0.15) is 27.9 Å². The predicted molar refractivity (Wildman–Crippen MR) is 120 cm³/mol. The van der Waals surface area contributed by atoms with E-state index < -0.39 is 10.0 Å². The first-order chi connectivity index (χ1) is 14.9. The van der Waals surface area contributed by atoms with E-state index in [-0.39, 0.29) is 29.3 Å². The average molecular weight is 432 g/mol. The van der Waals surface area contributed by atoms with Gasteiger partial charge >= 0.3 is 0 Å². The van der Waals surface area contributed by atoms with Crippen LogP contribution in [0.15, 0.2) is 90.0 Å². The molecule has 6 heteroatoms. The van der Waals surface area contributed by atoms with E-state index >= 15 is 0 Å². The highest BCUT2D eigenvalue weighted by atomic mass is 32.2. The second-order valence-electron chi connectivity index (χ2n) is 7.46. The molecule has 156 valence electrons. The van der Waals surface area contributed by atoms with Crippen LogP contribution >= 0.6 is 0 Å². The molecule has 4 rings (SSSR count). The minimum Gasteiger partial charge on any atom is -0.299 e. The second kappa shape index (κ2) is 8.32. The fourth-order valence-electron chi connectivity index (χ4n) is 3.57. The van der Waals surface area contributed by atoms with E-state index in [1.165, 1.54) is 10.2 Å². The van der Waals surface area contributed by atoms with Crippen molar-refractivity contribution in [3.8, 4) is 0 Å². The summed E-state index contributed by atoms with van der Waals surface area (Å²) in [7, 11) is -3.76. The van der Waals surface area contributed by atoms with Crippen LogP contribution in [0.4, 0.5) is 0 Å². The lowest BCUT2D eigenvalue weighted by Gasteiger charge is -2.09. The van der Waals surface area contributed by atoms with Gasteiger partial charge in [-0.25, -0.2) is 12.4 Å². The Morgan fingerprint density at radius 3 is 2.26 bits per heavy atom. The molecule has 0 saturated carbocycles. The van der Waals surface area contributed by atoms with E-state index in [2.05, 4.69) is 0 Å².